The first-order valence-electron chi connectivity index (χ1n) is 7.18. The summed E-state index contributed by atoms with van der Waals surface area (Å²) in [6, 6.07) is 15.1. The average molecular weight is 372 g/mol. The predicted molar refractivity (Wildman–Crippen MR) is 92.4 cm³/mol. The van der Waals surface area contributed by atoms with Crippen LogP contribution in [0.3, 0.4) is 0 Å². The number of benzene rings is 2. The Morgan fingerprint density at radius 1 is 1.17 bits per heavy atom. The Morgan fingerprint density at radius 2 is 1.91 bits per heavy atom. The Bertz CT molecular complexity index is 794. The lowest BCUT2D eigenvalue weighted by molar-refractivity contribution is -0.136. The zero-order chi connectivity index (χ0) is 16.2. The Labute approximate surface area is 142 Å². The summed E-state index contributed by atoms with van der Waals surface area (Å²) in [5.74, 6) is 0.256. The van der Waals surface area contributed by atoms with Crippen LogP contribution in [0.4, 0.5) is 0 Å². The van der Waals surface area contributed by atoms with E-state index >= 15 is 0 Å². The molecule has 23 heavy (non-hydrogen) atoms. The molecule has 5 heteroatoms. The van der Waals surface area contributed by atoms with E-state index < -0.39 is 5.97 Å². The maximum Gasteiger partial charge on any atom is 0.368 e. The van der Waals surface area contributed by atoms with E-state index in [0.29, 0.717) is 17.9 Å². The minimum atomic E-state index is -0.464. The quantitative estimate of drug-likeness (QED) is 0.597. The first-order valence-corrected chi connectivity index (χ1v) is 7.97. The van der Waals surface area contributed by atoms with Gasteiger partial charge in [0.1, 0.15) is 11.5 Å². The minimum absolute atomic E-state index is 0.416. The second-order valence-electron chi connectivity index (χ2n) is 4.85. The number of rotatable bonds is 4. The highest BCUT2D eigenvalue weighted by molar-refractivity contribution is 9.10. The van der Waals surface area contributed by atoms with Crippen molar-refractivity contribution in [2.75, 3.05) is 6.61 Å². The first-order chi connectivity index (χ1) is 11.2. The van der Waals surface area contributed by atoms with Crippen LogP contribution in [-0.2, 0) is 9.63 Å². The van der Waals surface area contributed by atoms with Gasteiger partial charge in [-0.15, -0.1) is 0 Å². The summed E-state index contributed by atoms with van der Waals surface area (Å²) in [5, 5.41) is 3.91. The van der Waals surface area contributed by atoms with E-state index in [-0.39, 0.29) is 0 Å². The molecule has 0 aromatic heterocycles. The molecule has 0 atom stereocenters. The van der Waals surface area contributed by atoms with Crippen molar-refractivity contribution >= 4 is 33.7 Å². The fraction of sp³-hybridized carbons (Fsp3) is 0.111. The number of hydrogen-bond acceptors (Lipinski definition) is 4. The number of hydrogen-bond donors (Lipinski definition) is 0. The van der Waals surface area contributed by atoms with Crippen LogP contribution in [0.15, 0.2) is 63.7 Å². The smallest absolute Gasteiger partial charge is 0.368 e. The van der Waals surface area contributed by atoms with Gasteiger partial charge < -0.3 is 9.57 Å². The number of carbonyl (C=O) groups excluding carboxylic acids is 1. The fourth-order valence-corrected chi connectivity index (χ4v) is 2.53. The van der Waals surface area contributed by atoms with Crippen molar-refractivity contribution in [1.29, 1.82) is 0 Å². The van der Waals surface area contributed by atoms with E-state index in [1.807, 2.05) is 55.5 Å². The predicted octanol–water partition coefficient (Wildman–Crippen LogP) is 4.19. The van der Waals surface area contributed by atoms with E-state index in [0.717, 1.165) is 21.3 Å². The van der Waals surface area contributed by atoms with E-state index in [1.54, 1.807) is 6.08 Å². The van der Waals surface area contributed by atoms with Crippen LogP contribution in [0.2, 0.25) is 0 Å². The van der Waals surface area contributed by atoms with Gasteiger partial charge in [-0.2, -0.15) is 0 Å². The summed E-state index contributed by atoms with van der Waals surface area (Å²) in [4.78, 5) is 16.9. The number of nitrogens with zero attached hydrogens (tertiary/aromatic N) is 1. The SMILES string of the molecule is CCOc1ccccc1/C=C1\C(=O)ON=C1c1ccc(Br)cc1. The maximum atomic E-state index is 12.0. The third kappa shape index (κ3) is 3.35. The summed E-state index contributed by atoms with van der Waals surface area (Å²) in [5.41, 5.74) is 2.57. The molecule has 0 saturated heterocycles. The molecule has 0 radical (unpaired) electrons. The van der Waals surface area contributed by atoms with Gasteiger partial charge in [0.25, 0.3) is 0 Å². The highest BCUT2D eigenvalue weighted by Gasteiger charge is 2.27. The Kier molecular flexibility index (Phi) is 4.57. The molecule has 1 aliphatic heterocycles. The van der Waals surface area contributed by atoms with Gasteiger partial charge >= 0.3 is 5.97 Å². The van der Waals surface area contributed by atoms with Gasteiger partial charge in [0.15, 0.2) is 0 Å². The molecule has 1 heterocycles. The average Bonchev–Trinajstić information content (AvgIpc) is 2.91. The summed E-state index contributed by atoms with van der Waals surface area (Å²) in [6.07, 6.45) is 1.75. The Hall–Kier alpha value is -2.40. The molecule has 4 nitrogen and oxygen atoms in total. The molecule has 0 N–H and O–H groups in total. The second kappa shape index (κ2) is 6.79. The molecule has 0 saturated carbocycles. The normalized spacial score (nSPS) is 15.5. The van der Waals surface area contributed by atoms with Crippen LogP contribution >= 0.6 is 15.9 Å². The molecule has 116 valence electrons. The van der Waals surface area contributed by atoms with Crippen LogP contribution in [0.5, 0.6) is 5.75 Å². The molecule has 0 spiro atoms. The highest BCUT2D eigenvalue weighted by Crippen LogP contribution is 2.26. The fourth-order valence-electron chi connectivity index (χ4n) is 2.27. The van der Waals surface area contributed by atoms with Crippen molar-refractivity contribution < 1.29 is 14.4 Å². The van der Waals surface area contributed by atoms with Gasteiger partial charge in [-0.05, 0) is 31.2 Å². The zero-order valence-corrected chi connectivity index (χ0v) is 14.0. The van der Waals surface area contributed by atoms with E-state index in [2.05, 4.69) is 21.1 Å². The lowest BCUT2D eigenvalue weighted by atomic mass is 10.0. The number of ether oxygens (including phenoxy) is 1. The van der Waals surface area contributed by atoms with Crippen molar-refractivity contribution in [3.05, 3.63) is 69.7 Å². The number of oxime groups is 1. The van der Waals surface area contributed by atoms with Gasteiger partial charge in [-0.3, -0.25) is 0 Å². The summed E-state index contributed by atoms with van der Waals surface area (Å²) in [7, 11) is 0. The zero-order valence-electron chi connectivity index (χ0n) is 12.5. The lowest BCUT2D eigenvalue weighted by Gasteiger charge is -2.07. The van der Waals surface area contributed by atoms with Crippen molar-refractivity contribution in [3.8, 4) is 5.75 Å². The van der Waals surface area contributed by atoms with Gasteiger partial charge in [-0.25, -0.2) is 4.79 Å². The third-order valence-electron chi connectivity index (χ3n) is 3.33. The van der Waals surface area contributed by atoms with Crippen LogP contribution in [0, 0.1) is 0 Å². The molecule has 0 fully saturated rings. The number of carbonyl (C=O) groups is 1. The summed E-state index contributed by atoms with van der Waals surface area (Å²) >= 11 is 3.39. The Morgan fingerprint density at radius 3 is 2.65 bits per heavy atom. The summed E-state index contributed by atoms with van der Waals surface area (Å²) in [6.45, 7) is 2.47. The minimum Gasteiger partial charge on any atom is -0.493 e. The molecule has 0 unspecified atom stereocenters. The standard InChI is InChI=1S/C18H14BrNO3/c1-2-22-16-6-4-3-5-13(16)11-15-17(20-23-18(15)21)12-7-9-14(19)10-8-12/h3-11H,2H2,1H3/b15-11-. The molecule has 2 aromatic rings. The maximum absolute atomic E-state index is 12.0. The van der Waals surface area contributed by atoms with Crippen molar-refractivity contribution in [1.82, 2.24) is 0 Å². The highest BCUT2D eigenvalue weighted by atomic mass is 79.9. The van der Waals surface area contributed by atoms with Gasteiger partial charge in [0.2, 0.25) is 0 Å². The first kappa shape index (κ1) is 15.5. The largest absolute Gasteiger partial charge is 0.493 e. The van der Waals surface area contributed by atoms with Gasteiger partial charge in [-0.1, -0.05) is 51.4 Å². The molecule has 2 aromatic carbocycles. The van der Waals surface area contributed by atoms with E-state index in [4.69, 9.17) is 9.57 Å². The van der Waals surface area contributed by atoms with Crippen LogP contribution in [-0.4, -0.2) is 18.3 Å². The van der Waals surface area contributed by atoms with Crippen molar-refractivity contribution in [2.45, 2.75) is 6.92 Å². The van der Waals surface area contributed by atoms with Crippen LogP contribution in [0.1, 0.15) is 18.1 Å². The van der Waals surface area contributed by atoms with E-state index in [1.165, 1.54) is 0 Å². The summed E-state index contributed by atoms with van der Waals surface area (Å²) < 4.78 is 6.55. The van der Waals surface area contributed by atoms with Gasteiger partial charge in [0.05, 0.1) is 12.2 Å². The molecule has 0 amide bonds. The number of para-hydroxylation sites is 1. The number of halogens is 1. The van der Waals surface area contributed by atoms with E-state index in [9.17, 15) is 4.79 Å². The van der Waals surface area contributed by atoms with Crippen LogP contribution in [0.25, 0.3) is 6.08 Å². The third-order valence-corrected chi connectivity index (χ3v) is 3.86. The van der Waals surface area contributed by atoms with Crippen molar-refractivity contribution in [3.63, 3.8) is 0 Å². The molecule has 0 bridgehead atoms. The molecular formula is C18H14BrNO3. The van der Waals surface area contributed by atoms with Gasteiger partial charge in [0, 0.05) is 15.6 Å². The topological polar surface area (TPSA) is 47.9 Å². The Balaban J connectivity index is 2.01. The molecular weight excluding hydrogens is 358 g/mol. The monoisotopic (exact) mass is 371 g/mol. The van der Waals surface area contributed by atoms with Crippen molar-refractivity contribution in [2.24, 2.45) is 5.16 Å². The second-order valence-corrected chi connectivity index (χ2v) is 5.77. The molecule has 3 rings (SSSR count). The molecule has 0 aliphatic carbocycles. The molecule has 1 aliphatic rings. The lowest BCUT2D eigenvalue weighted by Crippen LogP contribution is -2.07. The van der Waals surface area contributed by atoms with Crippen LogP contribution < -0.4 is 4.74 Å².